The Morgan fingerprint density at radius 1 is 0.186 bits per heavy atom. The Hall–Kier alpha value is -9.66. The minimum Gasteiger partial charge on any atom is -0.294 e. The van der Waals surface area contributed by atoms with Gasteiger partial charge in [0.15, 0.2) is 0 Å². The van der Waals surface area contributed by atoms with E-state index in [0.717, 1.165) is 112 Å². The maximum absolute atomic E-state index is 5.47. The van der Waals surface area contributed by atoms with Crippen molar-refractivity contribution in [3.63, 3.8) is 0 Å². The molecule has 8 heterocycles. The van der Waals surface area contributed by atoms with E-state index in [1.54, 1.807) is 0 Å². The van der Waals surface area contributed by atoms with Crippen LogP contribution in [-0.4, -0.2) is 38.2 Å². The quantitative estimate of drug-likeness (QED) is 0.167. The average molecular weight is 895 g/mol. The lowest BCUT2D eigenvalue weighted by molar-refractivity contribution is 1.04. The maximum Gasteiger partial charge on any atom is 0.138 e. The molecule has 0 bridgehead atoms. The smallest absolute Gasteiger partial charge is 0.138 e. The second-order valence-electron chi connectivity index (χ2n) is 17.8. The molecule has 70 heavy (non-hydrogen) atoms. The predicted molar refractivity (Wildman–Crippen MR) is 286 cm³/mol. The first-order chi connectivity index (χ1) is 34.7. The summed E-state index contributed by atoms with van der Waals surface area (Å²) in [4.78, 5) is 21.6. The molecule has 0 aliphatic carbocycles. The van der Waals surface area contributed by atoms with Crippen molar-refractivity contribution in [2.45, 2.75) is 0 Å². The van der Waals surface area contributed by atoms with E-state index in [0.29, 0.717) is 0 Å². The molecule has 0 aliphatic rings. The third kappa shape index (κ3) is 5.58. The SMILES string of the molecule is c1cc(-c2cccc(-n3c4ccccc4c4ccc5c6ccccc6n(-c6cccc(-c7cccc(-n8c9ccccc9c9ccccc98)n7)n6)c5c43)n2)nc(-n2c3ccccc3c3ccccc32)c1. The highest BCUT2D eigenvalue weighted by atomic mass is 15.1. The fourth-order valence-corrected chi connectivity index (χ4v) is 11.1. The zero-order valence-corrected chi connectivity index (χ0v) is 37.5. The van der Waals surface area contributed by atoms with E-state index in [9.17, 15) is 0 Å². The molecule has 15 aromatic rings. The van der Waals surface area contributed by atoms with Crippen LogP contribution in [-0.2, 0) is 0 Å². The Morgan fingerprint density at radius 2 is 0.414 bits per heavy atom. The highest BCUT2D eigenvalue weighted by Gasteiger charge is 2.23. The van der Waals surface area contributed by atoms with Crippen molar-refractivity contribution in [3.05, 3.63) is 231 Å². The monoisotopic (exact) mass is 894 g/mol. The van der Waals surface area contributed by atoms with Gasteiger partial charge in [-0.2, -0.15) is 0 Å². The summed E-state index contributed by atoms with van der Waals surface area (Å²) in [6, 6.07) is 80.8. The van der Waals surface area contributed by atoms with Crippen LogP contribution in [0.15, 0.2) is 231 Å². The predicted octanol–water partition coefficient (Wildman–Crippen LogP) is 15.0. The van der Waals surface area contributed by atoms with Gasteiger partial charge < -0.3 is 0 Å². The maximum atomic E-state index is 5.47. The van der Waals surface area contributed by atoms with E-state index in [-0.39, 0.29) is 0 Å². The van der Waals surface area contributed by atoms with Crippen LogP contribution < -0.4 is 0 Å². The second kappa shape index (κ2) is 14.9. The molecule has 8 aromatic heterocycles. The fraction of sp³-hybridized carbons (Fsp3) is 0. The molecule has 0 unspecified atom stereocenters. The van der Waals surface area contributed by atoms with Crippen LogP contribution in [0.1, 0.15) is 0 Å². The molecule has 8 heteroatoms. The Bertz CT molecular complexity index is 4220. The highest BCUT2D eigenvalue weighted by molar-refractivity contribution is 6.23. The molecule has 0 atom stereocenters. The van der Waals surface area contributed by atoms with Crippen molar-refractivity contribution in [2.75, 3.05) is 0 Å². The Balaban J connectivity index is 0.920. The zero-order valence-electron chi connectivity index (χ0n) is 37.5. The van der Waals surface area contributed by atoms with Crippen LogP contribution in [0.3, 0.4) is 0 Å². The van der Waals surface area contributed by atoms with Gasteiger partial charge in [-0.3, -0.25) is 18.3 Å². The van der Waals surface area contributed by atoms with E-state index in [2.05, 4.69) is 249 Å². The number of hydrogen-bond donors (Lipinski definition) is 0. The number of aromatic nitrogens is 8. The molecule has 0 spiro atoms. The van der Waals surface area contributed by atoms with Gasteiger partial charge in [-0.25, -0.2) is 19.9 Å². The normalized spacial score (nSPS) is 12.0. The molecule has 0 fully saturated rings. The number of hydrogen-bond acceptors (Lipinski definition) is 4. The van der Waals surface area contributed by atoms with Crippen LogP contribution in [0.5, 0.6) is 0 Å². The van der Waals surface area contributed by atoms with E-state index in [1.165, 1.54) is 21.5 Å². The summed E-state index contributed by atoms with van der Waals surface area (Å²) in [5, 5.41) is 9.33. The molecule has 7 aromatic carbocycles. The van der Waals surface area contributed by atoms with Crippen molar-refractivity contribution in [2.24, 2.45) is 0 Å². The lowest BCUT2D eigenvalue weighted by Crippen LogP contribution is -2.04. The zero-order chi connectivity index (χ0) is 45.9. The first-order valence-corrected chi connectivity index (χ1v) is 23.6. The average Bonchev–Trinajstić information content (AvgIpc) is 4.16. The van der Waals surface area contributed by atoms with Gasteiger partial charge in [-0.1, -0.05) is 146 Å². The topological polar surface area (TPSA) is 71.3 Å². The van der Waals surface area contributed by atoms with Crippen LogP contribution >= 0.6 is 0 Å². The Labute approximate surface area is 400 Å². The third-order valence-corrected chi connectivity index (χ3v) is 14.0. The van der Waals surface area contributed by atoms with E-state index in [1.807, 2.05) is 0 Å². The van der Waals surface area contributed by atoms with Crippen LogP contribution in [0.4, 0.5) is 0 Å². The molecule has 0 N–H and O–H groups in total. The summed E-state index contributed by atoms with van der Waals surface area (Å²) in [6.45, 7) is 0. The number of fused-ring (bicyclic) bond motifs is 13. The van der Waals surface area contributed by atoms with Gasteiger partial charge in [0.1, 0.15) is 23.3 Å². The molecule has 0 saturated carbocycles. The van der Waals surface area contributed by atoms with Gasteiger partial charge >= 0.3 is 0 Å². The van der Waals surface area contributed by atoms with Crippen LogP contribution in [0.2, 0.25) is 0 Å². The first kappa shape index (κ1) is 38.4. The van der Waals surface area contributed by atoms with Crippen molar-refractivity contribution in [1.29, 1.82) is 0 Å². The van der Waals surface area contributed by atoms with E-state index in [4.69, 9.17) is 19.9 Å². The fourth-order valence-electron chi connectivity index (χ4n) is 11.1. The third-order valence-electron chi connectivity index (χ3n) is 14.0. The largest absolute Gasteiger partial charge is 0.294 e. The highest BCUT2D eigenvalue weighted by Crippen LogP contribution is 2.42. The number of nitrogens with zero attached hydrogens (tertiary/aromatic N) is 8. The molecule has 0 saturated heterocycles. The van der Waals surface area contributed by atoms with Crippen LogP contribution in [0.25, 0.3) is 133 Å². The Morgan fingerprint density at radius 3 is 0.700 bits per heavy atom. The van der Waals surface area contributed by atoms with Crippen molar-refractivity contribution in [3.8, 4) is 46.0 Å². The summed E-state index contributed by atoms with van der Waals surface area (Å²) in [6.07, 6.45) is 0. The summed E-state index contributed by atoms with van der Waals surface area (Å²) in [5.74, 6) is 3.27. The van der Waals surface area contributed by atoms with Gasteiger partial charge in [0.05, 0.1) is 66.9 Å². The minimum atomic E-state index is 0.781. The van der Waals surface area contributed by atoms with E-state index >= 15 is 0 Å². The summed E-state index contributed by atoms with van der Waals surface area (Å²) >= 11 is 0. The van der Waals surface area contributed by atoms with Crippen molar-refractivity contribution in [1.82, 2.24) is 38.2 Å². The molecule has 15 rings (SSSR count). The van der Waals surface area contributed by atoms with Gasteiger partial charge in [0, 0.05) is 43.1 Å². The van der Waals surface area contributed by atoms with Gasteiger partial charge in [0.25, 0.3) is 0 Å². The lowest BCUT2D eigenvalue weighted by Gasteiger charge is -2.13. The van der Waals surface area contributed by atoms with Crippen molar-refractivity contribution >= 4 is 87.2 Å². The summed E-state index contributed by atoms with van der Waals surface area (Å²) in [5.41, 5.74) is 11.8. The van der Waals surface area contributed by atoms with Crippen molar-refractivity contribution < 1.29 is 0 Å². The van der Waals surface area contributed by atoms with Gasteiger partial charge in [-0.05, 0) is 84.9 Å². The van der Waals surface area contributed by atoms with Gasteiger partial charge in [-0.15, -0.1) is 0 Å². The number of pyridine rings is 4. The first-order valence-electron chi connectivity index (χ1n) is 23.6. The number of rotatable bonds is 6. The molecule has 0 aliphatic heterocycles. The summed E-state index contributed by atoms with van der Waals surface area (Å²) in [7, 11) is 0. The van der Waals surface area contributed by atoms with E-state index < -0.39 is 0 Å². The number of benzene rings is 7. The second-order valence-corrected chi connectivity index (χ2v) is 17.8. The van der Waals surface area contributed by atoms with Gasteiger partial charge in [0.2, 0.25) is 0 Å². The Kier molecular flexibility index (Phi) is 8.20. The molecular weight excluding hydrogens is 857 g/mol. The molecule has 8 nitrogen and oxygen atoms in total. The summed E-state index contributed by atoms with van der Waals surface area (Å²) < 4.78 is 9.15. The molecular formula is C62H38N8. The minimum absolute atomic E-state index is 0.781. The number of para-hydroxylation sites is 6. The molecule has 0 radical (unpaired) electrons. The molecule has 0 amide bonds. The van der Waals surface area contributed by atoms with Crippen LogP contribution in [0, 0.1) is 0 Å². The standard InChI is InChI=1S/C62H38N8/c1-7-27-51-39(17-1)40-18-2-8-28-52(40)67(51)57-33-13-23-47(63-57)49-25-15-35-59(65-49)69-55-31-11-5-21-43(55)45-37-38-46-44-22-6-12-32-56(44)70(62(46)61(45)69)60-36-16-26-50(66-60)48-24-14-34-58(64-48)68-53-29-9-3-19-41(53)42-20-4-10-30-54(42)68/h1-38H. The molecule has 326 valence electrons. The lowest BCUT2D eigenvalue weighted by atomic mass is 10.1.